The Balaban J connectivity index is 2.18. The molecule has 0 saturated carbocycles. The quantitative estimate of drug-likeness (QED) is 0.731. The number of carbonyl (C=O) groups excluding carboxylic acids is 2. The molecule has 0 unspecified atom stereocenters. The molecule has 0 aliphatic carbocycles. The van der Waals surface area contributed by atoms with E-state index in [1.165, 1.54) is 0 Å². The van der Waals surface area contributed by atoms with Crippen molar-refractivity contribution in [2.45, 2.75) is 33.2 Å². The molecule has 0 aliphatic rings. The molecule has 1 amide bonds. The highest BCUT2D eigenvalue weighted by Gasteiger charge is 2.20. The Hall–Kier alpha value is -2.82. The first kappa shape index (κ1) is 19.5. The number of benzene rings is 2. The van der Waals surface area contributed by atoms with Crippen LogP contribution in [0.15, 0.2) is 48.5 Å². The zero-order chi connectivity index (χ0) is 18.9. The normalized spacial score (nSPS) is 11.5. The van der Waals surface area contributed by atoms with E-state index in [1.54, 1.807) is 19.1 Å². The molecule has 2 aromatic carbocycles. The van der Waals surface area contributed by atoms with Gasteiger partial charge in [-0.25, -0.2) is 0 Å². The zero-order valence-corrected chi connectivity index (χ0v) is 15.5. The van der Waals surface area contributed by atoms with Gasteiger partial charge in [0.05, 0.1) is 25.7 Å². The lowest BCUT2D eigenvalue weighted by atomic mass is 10.0. The van der Waals surface area contributed by atoms with Gasteiger partial charge in [-0.05, 0) is 50.6 Å². The highest BCUT2D eigenvalue weighted by molar-refractivity contribution is 5.94. The molecule has 0 aromatic heterocycles. The Morgan fingerprint density at radius 2 is 1.62 bits per heavy atom. The molecule has 0 radical (unpaired) electrons. The second kappa shape index (κ2) is 9.61. The Labute approximate surface area is 154 Å². The number of hydrogen-bond donors (Lipinski definition) is 1. The maximum absolute atomic E-state index is 12.6. The molecule has 1 N–H and O–H groups in total. The Bertz CT molecular complexity index is 723. The summed E-state index contributed by atoms with van der Waals surface area (Å²) < 4.78 is 10.5. The van der Waals surface area contributed by atoms with Gasteiger partial charge in [0.2, 0.25) is 0 Å². The summed E-state index contributed by atoms with van der Waals surface area (Å²) >= 11 is 0. The number of aryl methyl sites for hydroxylation is 1. The Morgan fingerprint density at radius 3 is 2.19 bits per heavy atom. The fourth-order valence-electron chi connectivity index (χ4n) is 2.55. The smallest absolute Gasteiger partial charge is 0.308 e. The van der Waals surface area contributed by atoms with E-state index < -0.39 is 6.04 Å². The fraction of sp³-hybridized carbons (Fsp3) is 0.333. The summed E-state index contributed by atoms with van der Waals surface area (Å²) in [5.74, 6) is 0.166. The molecule has 0 aliphatic heterocycles. The van der Waals surface area contributed by atoms with E-state index in [1.807, 2.05) is 50.2 Å². The van der Waals surface area contributed by atoms with Crippen LogP contribution in [-0.2, 0) is 9.53 Å². The van der Waals surface area contributed by atoms with Crippen LogP contribution >= 0.6 is 0 Å². The number of ether oxygens (including phenoxy) is 2. The standard InChI is InChI=1S/C21H25NO4/c1-4-25-18-12-10-16(11-13-18)19(14-20(23)26-5-2)22-21(24)17-8-6-15(3)7-9-17/h6-13,19H,4-5,14H2,1-3H3,(H,22,24)/t19-/m0/s1. The summed E-state index contributed by atoms with van der Waals surface area (Å²) in [5.41, 5.74) is 2.45. The van der Waals surface area contributed by atoms with Gasteiger partial charge in [-0.1, -0.05) is 29.8 Å². The first-order chi connectivity index (χ1) is 12.5. The number of rotatable bonds is 8. The van der Waals surface area contributed by atoms with Gasteiger partial charge in [-0.3, -0.25) is 9.59 Å². The SMILES string of the molecule is CCOC(=O)C[C@H](NC(=O)c1ccc(C)cc1)c1ccc(OCC)cc1. The Kier molecular flexibility index (Phi) is 7.21. The molecule has 0 heterocycles. The van der Waals surface area contributed by atoms with Crippen LogP contribution in [0.4, 0.5) is 0 Å². The van der Waals surface area contributed by atoms with Crippen molar-refractivity contribution in [3.63, 3.8) is 0 Å². The highest BCUT2D eigenvalue weighted by atomic mass is 16.5. The fourth-order valence-corrected chi connectivity index (χ4v) is 2.55. The van der Waals surface area contributed by atoms with E-state index in [0.717, 1.165) is 16.9 Å². The van der Waals surface area contributed by atoms with Crippen molar-refractivity contribution in [2.24, 2.45) is 0 Å². The van der Waals surface area contributed by atoms with Crippen LogP contribution in [0, 0.1) is 6.92 Å². The van der Waals surface area contributed by atoms with Crippen molar-refractivity contribution < 1.29 is 19.1 Å². The lowest BCUT2D eigenvalue weighted by Gasteiger charge is -2.19. The molecule has 0 saturated heterocycles. The number of hydrogen-bond acceptors (Lipinski definition) is 4. The van der Waals surface area contributed by atoms with Crippen LogP contribution in [0.1, 0.15) is 47.8 Å². The molecule has 2 aromatic rings. The van der Waals surface area contributed by atoms with Gasteiger partial charge in [0, 0.05) is 5.56 Å². The van der Waals surface area contributed by atoms with Crippen molar-refractivity contribution >= 4 is 11.9 Å². The van der Waals surface area contributed by atoms with Gasteiger partial charge in [0.25, 0.3) is 5.91 Å². The lowest BCUT2D eigenvalue weighted by Crippen LogP contribution is -2.30. The van der Waals surface area contributed by atoms with Crippen LogP contribution in [-0.4, -0.2) is 25.1 Å². The first-order valence-corrected chi connectivity index (χ1v) is 8.79. The summed E-state index contributed by atoms with van der Waals surface area (Å²) in [6.07, 6.45) is 0.0689. The van der Waals surface area contributed by atoms with Crippen molar-refractivity contribution in [3.05, 3.63) is 65.2 Å². The minimum atomic E-state index is -0.474. The largest absolute Gasteiger partial charge is 0.494 e. The Morgan fingerprint density at radius 1 is 0.962 bits per heavy atom. The molecule has 0 bridgehead atoms. The molecular weight excluding hydrogens is 330 g/mol. The molecule has 26 heavy (non-hydrogen) atoms. The van der Waals surface area contributed by atoms with Crippen molar-refractivity contribution in [1.29, 1.82) is 0 Å². The third-order valence-corrected chi connectivity index (χ3v) is 3.89. The summed E-state index contributed by atoms with van der Waals surface area (Å²) in [7, 11) is 0. The van der Waals surface area contributed by atoms with E-state index in [2.05, 4.69) is 5.32 Å². The average molecular weight is 355 g/mol. The van der Waals surface area contributed by atoms with Crippen LogP contribution < -0.4 is 10.1 Å². The predicted molar refractivity (Wildman–Crippen MR) is 100 cm³/mol. The van der Waals surface area contributed by atoms with Crippen LogP contribution in [0.25, 0.3) is 0 Å². The van der Waals surface area contributed by atoms with Crippen LogP contribution in [0.3, 0.4) is 0 Å². The molecule has 0 fully saturated rings. The number of carbonyl (C=O) groups is 2. The van der Waals surface area contributed by atoms with E-state index in [0.29, 0.717) is 18.8 Å². The van der Waals surface area contributed by atoms with Gasteiger partial charge >= 0.3 is 5.97 Å². The van der Waals surface area contributed by atoms with Gasteiger partial charge in [-0.2, -0.15) is 0 Å². The average Bonchev–Trinajstić information content (AvgIpc) is 2.63. The predicted octanol–water partition coefficient (Wildman–Crippen LogP) is 3.82. The zero-order valence-electron chi connectivity index (χ0n) is 15.5. The summed E-state index contributed by atoms with van der Waals surface area (Å²) in [4.78, 5) is 24.5. The maximum atomic E-state index is 12.6. The van der Waals surface area contributed by atoms with E-state index in [4.69, 9.17) is 9.47 Å². The van der Waals surface area contributed by atoms with Gasteiger partial charge in [0.15, 0.2) is 0 Å². The molecule has 5 heteroatoms. The minimum absolute atomic E-state index is 0.0689. The number of amides is 1. The number of nitrogens with one attached hydrogen (secondary N) is 1. The topological polar surface area (TPSA) is 64.6 Å². The highest BCUT2D eigenvalue weighted by Crippen LogP contribution is 2.22. The number of esters is 1. The van der Waals surface area contributed by atoms with Crippen molar-refractivity contribution in [2.75, 3.05) is 13.2 Å². The van der Waals surface area contributed by atoms with E-state index >= 15 is 0 Å². The van der Waals surface area contributed by atoms with Gasteiger partial charge in [-0.15, -0.1) is 0 Å². The molecule has 2 rings (SSSR count). The summed E-state index contributed by atoms with van der Waals surface area (Å²) in [6, 6.07) is 14.2. The lowest BCUT2D eigenvalue weighted by molar-refractivity contribution is -0.143. The molecule has 5 nitrogen and oxygen atoms in total. The minimum Gasteiger partial charge on any atom is -0.494 e. The third kappa shape index (κ3) is 5.62. The maximum Gasteiger partial charge on any atom is 0.308 e. The van der Waals surface area contributed by atoms with Crippen LogP contribution in [0.2, 0.25) is 0 Å². The van der Waals surface area contributed by atoms with Crippen molar-refractivity contribution in [3.8, 4) is 5.75 Å². The van der Waals surface area contributed by atoms with E-state index in [-0.39, 0.29) is 18.3 Å². The second-order valence-electron chi connectivity index (χ2n) is 5.90. The van der Waals surface area contributed by atoms with E-state index in [9.17, 15) is 9.59 Å². The van der Waals surface area contributed by atoms with Crippen LogP contribution in [0.5, 0.6) is 5.75 Å². The molecule has 0 spiro atoms. The first-order valence-electron chi connectivity index (χ1n) is 8.79. The molecular formula is C21H25NO4. The second-order valence-corrected chi connectivity index (χ2v) is 5.90. The van der Waals surface area contributed by atoms with Gasteiger partial charge in [0.1, 0.15) is 5.75 Å². The summed E-state index contributed by atoms with van der Waals surface area (Å²) in [5, 5.41) is 2.93. The molecule has 138 valence electrons. The third-order valence-electron chi connectivity index (χ3n) is 3.89. The molecule has 1 atom stereocenters. The van der Waals surface area contributed by atoms with Crippen molar-refractivity contribution in [1.82, 2.24) is 5.32 Å². The monoisotopic (exact) mass is 355 g/mol. The van der Waals surface area contributed by atoms with Gasteiger partial charge < -0.3 is 14.8 Å². The summed E-state index contributed by atoms with van der Waals surface area (Å²) in [6.45, 7) is 6.52.